The van der Waals surface area contributed by atoms with Crippen LogP contribution in [0, 0.1) is 6.92 Å². The number of hydrogen-bond acceptors (Lipinski definition) is 4. The SMILES string of the molecule is CCCCC(Br)C(=O)Oc1c(OC)cc(C)cc1OC. The topological polar surface area (TPSA) is 44.8 Å². The molecule has 0 aromatic heterocycles. The normalized spacial score (nSPS) is 11.8. The Hall–Kier alpha value is -1.23. The number of hydrogen-bond donors (Lipinski definition) is 0. The number of rotatable bonds is 7. The lowest BCUT2D eigenvalue weighted by Crippen LogP contribution is -2.21. The minimum Gasteiger partial charge on any atom is -0.493 e. The quantitative estimate of drug-likeness (QED) is 0.428. The highest BCUT2D eigenvalue weighted by Crippen LogP contribution is 2.38. The molecule has 0 aliphatic rings. The number of carbonyl (C=O) groups is 1. The fraction of sp³-hybridized carbons (Fsp3) is 0.533. The molecule has 0 N–H and O–H groups in total. The molecule has 1 atom stereocenters. The molecule has 1 rings (SSSR count). The lowest BCUT2D eigenvalue weighted by Gasteiger charge is -2.15. The largest absolute Gasteiger partial charge is 0.493 e. The van der Waals surface area contributed by atoms with E-state index in [4.69, 9.17) is 14.2 Å². The Morgan fingerprint density at radius 2 is 1.80 bits per heavy atom. The molecular formula is C15H21BrO4. The van der Waals surface area contributed by atoms with Crippen molar-refractivity contribution in [1.82, 2.24) is 0 Å². The van der Waals surface area contributed by atoms with Gasteiger partial charge in [0, 0.05) is 0 Å². The van der Waals surface area contributed by atoms with E-state index in [1.807, 2.05) is 6.92 Å². The molecule has 0 heterocycles. The van der Waals surface area contributed by atoms with E-state index in [-0.39, 0.29) is 10.8 Å². The van der Waals surface area contributed by atoms with E-state index in [0.29, 0.717) is 17.2 Å². The van der Waals surface area contributed by atoms with Crippen molar-refractivity contribution in [2.24, 2.45) is 0 Å². The van der Waals surface area contributed by atoms with E-state index in [0.717, 1.165) is 24.8 Å². The molecular weight excluding hydrogens is 324 g/mol. The first-order valence-corrected chi connectivity index (χ1v) is 7.53. The van der Waals surface area contributed by atoms with Crippen molar-refractivity contribution in [3.8, 4) is 17.2 Å². The number of esters is 1. The number of carbonyl (C=O) groups excluding carboxylic acids is 1. The van der Waals surface area contributed by atoms with Gasteiger partial charge in [0.15, 0.2) is 11.5 Å². The van der Waals surface area contributed by atoms with Crippen LogP contribution in [0.15, 0.2) is 12.1 Å². The second-order valence-corrected chi connectivity index (χ2v) is 5.63. The van der Waals surface area contributed by atoms with Crippen LogP contribution in [0.25, 0.3) is 0 Å². The first-order valence-electron chi connectivity index (χ1n) is 6.61. The van der Waals surface area contributed by atoms with Crippen LogP contribution in [0.3, 0.4) is 0 Å². The summed E-state index contributed by atoms with van der Waals surface area (Å²) in [6, 6.07) is 3.61. The van der Waals surface area contributed by atoms with Crippen molar-refractivity contribution in [2.45, 2.75) is 37.9 Å². The maximum absolute atomic E-state index is 12.1. The molecule has 0 saturated carbocycles. The van der Waals surface area contributed by atoms with Gasteiger partial charge in [-0.15, -0.1) is 0 Å². The number of halogens is 1. The van der Waals surface area contributed by atoms with Gasteiger partial charge in [0.1, 0.15) is 4.83 Å². The molecule has 1 aromatic carbocycles. The minimum atomic E-state index is -0.334. The highest BCUT2D eigenvalue weighted by Gasteiger charge is 2.21. The standard InChI is InChI=1S/C15H21BrO4/c1-5-6-7-11(16)15(17)20-14-12(18-3)8-10(2)9-13(14)19-4/h8-9,11H,5-7H2,1-4H3. The maximum Gasteiger partial charge on any atom is 0.325 e. The van der Waals surface area contributed by atoms with Gasteiger partial charge >= 0.3 is 5.97 Å². The molecule has 0 saturated heterocycles. The van der Waals surface area contributed by atoms with Gasteiger partial charge in [-0.25, -0.2) is 0 Å². The number of ether oxygens (including phenoxy) is 3. The molecule has 20 heavy (non-hydrogen) atoms. The summed E-state index contributed by atoms with van der Waals surface area (Å²) in [5, 5.41) is 0. The van der Waals surface area contributed by atoms with Gasteiger partial charge in [0.05, 0.1) is 14.2 Å². The van der Waals surface area contributed by atoms with Crippen molar-refractivity contribution in [2.75, 3.05) is 14.2 Å². The summed E-state index contributed by atoms with van der Waals surface area (Å²) in [6.07, 6.45) is 2.74. The molecule has 0 aliphatic carbocycles. The molecule has 0 spiro atoms. The van der Waals surface area contributed by atoms with E-state index >= 15 is 0 Å². The van der Waals surface area contributed by atoms with E-state index < -0.39 is 0 Å². The van der Waals surface area contributed by atoms with Crippen LogP contribution < -0.4 is 14.2 Å². The Morgan fingerprint density at radius 1 is 1.25 bits per heavy atom. The van der Waals surface area contributed by atoms with Crippen LogP contribution in [0.2, 0.25) is 0 Å². The van der Waals surface area contributed by atoms with E-state index in [1.165, 1.54) is 14.2 Å². The Bertz CT molecular complexity index is 434. The fourth-order valence-electron chi connectivity index (χ4n) is 1.78. The lowest BCUT2D eigenvalue weighted by molar-refractivity contribution is -0.134. The highest BCUT2D eigenvalue weighted by molar-refractivity contribution is 9.10. The molecule has 1 unspecified atom stereocenters. The zero-order valence-corrected chi connectivity index (χ0v) is 14.0. The summed E-state index contributed by atoms with van der Waals surface area (Å²) in [5.41, 5.74) is 0.972. The Morgan fingerprint density at radius 3 is 2.25 bits per heavy atom. The number of benzene rings is 1. The van der Waals surface area contributed by atoms with Crippen molar-refractivity contribution in [1.29, 1.82) is 0 Å². The number of unbranched alkanes of at least 4 members (excludes halogenated alkanes) is 1. The monoisotopic (exact) mass is 344 g/mol. The zero-order valence-electron chi connectivity index (χ0n) is 12.4. The van der Waals surface area contributed by atoms with Gasteiger partial charge in [-0.1, -0.05) is 35.7 Å². The predicted octanol–water partition coefficient (Wildman–Crippen LogP) is 3.87. The van der Waals surface area contributed by atoms with Gasteiger partial charge in [0.25, 0.3) is 0 Å². The molecule has 0 bridgehead atoms. The van der Waals surface area contributed by atoms with Gasteiger partial charge in [-0.3, -0.25) is 4.79 Å². The number of alkyl halides is 1. The summed E-state index contributed by atoms with van der Waals surface area (Å²) >= 11 is 3.35. The molecule has 0 aliphatic heterocycles. The average Bonchev–Trinajstić information content (AvgIpc) is 2.45. The van der Waals surface area contributed by atoms with Crippen LogP contribution in [-0.4, -0.2) is 25.0 Å². The van der Waals surface area contributed by atoms with Crippen molar-refractivity contribution >= 4 is 21.9 Å². The number of aryl methyl sites for hydroxylation is 1. The van der Waals surface area contributed by atoms with Gasteiger partial charge in [0.2, 0.25) is 5.75 Å². The smallest absolute Gasteiger partial charge is 0.325 e. The Balaban J connectivity index is 2.93. The van der Waals surface area contributed by atoms with E-state index in [1.54, 1.807) is 12.1 Å². The van der Waals surface area contributed by atoms with E-state index in [9.17, 15) is 4.79 Å². The van der Waals surface area contributed by atoms with Gasteiger partial charge in [-0.05, 0) is 31.0 Å². The third kappa shape index (κ3) is 4.40. The van der Waals surface area contributed by atoms with Crippen LogP contribution in [0.4, 0.5) is 0 Å². The van der Waals surface area contributed by atoms with Gasteiger partial charge in [-0.2, -0.15) is 0 Å². The summed E-state index contributed by atoms with van der Waals surface area (Å²) in [5.74, 6) is 0.973. The predicted molar refractivity (Wildman–Crippen MR) is 82.2 cm³/mol. The summed E-state index contributed by atoms with van der Waals surface area (Å²) in [6.45, 7) is 4.00. The lowest BCUT2D eigenvalue weighted by atomic mass is 10.2. The zero-order chi connectivity index (χ0) is 15.1. The second-order valence-electron chi connectivity index (χ2n) is 4.53. The molecule has 112 valence electrons. The third-order valence-electron chi connectivity index (χ3n) is 2.87. The van der Waals surface area contributed by atoms with Crippen molar-refractivity contribution in [3.63, 3.8) is 0 Å². The first kappa shape index (κ1) is 16.8. The third-order valence-corrected chi connectivity index (χ3v) is 3.71. The van der Waals surface area contributed by atoms with Crippen molar-refractivity contribution in [3.05, 3.63) is 17.7 Å². The highest BCUT2D eigenvalue weighted by atomic mass is 79.9. The van der Waals surface area contributed by atoms with Crippen LogP contribution in [-0.2, 0) is 4.79 Å². The minimum absolute atomic E-state index is 0.321. The van der Waals surface area contributed by atoms with Crippen LogP contribution >= 0.6 is 15.9 Å². The fourth-order valence-corrected chi connectivity index (χ4v) is 2.19. The van der Waals surface area contributed by atoms with Gasteiger partial charge < -0.3 is 14.2 Å². The van der Waals surface area contributed by atoms with E-state index in [2.05, 4.69) is 22.9 Å². The average molecular weight is 345 g/mol. The number of methoxy groups -OCH3 is 2. The Kier molecular flexibility index (Phi) is 6.85. The summed E-state index contributed by atoms with van der Waals surface area (Å²) < 4.78 is 16.0. The molecule has 0 amide bonds. The first-order chi connectivity index (χ1) is 9.53. The van der Waals surface area contributed by atoms with Crippen molar-refractivity contribution < 1.29 is 19.0 Å². The maximum atomic E-state index is 12.1. The summed E-state index contributed by atoms with van der Waals surface area (Å²) in [4.78, 5) is 11.7. The molecule has 5 heteroatoms. The molecule has 1 aromatic rings. The molecule has 0 radical (unpaired) electrons. The Labute approximate surface area is 128 Å². The van der Waals surface area contributed by atoms with Crippen LogP contribution in [0.1, 0.15) is 31.7 Å². The van der Waals surface area contributed by atoms with Crippen LogP contribution in [0.5, 0.6) is 17.2 Å². The molecule has 0 fully saturated rings. The summed E-state index contributed by atoms with van der Waals surface area (Å²) in [7, 11) is 3.07. The second kappa shape index (κ2) is 8.15. The molecule has 4 nitrogen and oxygen atoms in total.